The van der Waals surface area contributed by atoms with Crippen LogP contribution in [0.4, 0.5) is 0 Å². The highest BCUT2D eigenvalue weighted by Gasteiger charge is 2.22. The molecule has 1 aromatic rings. The minimum absolute atomic E-state index is 0. The first-order valence-electron chi connectivity index (χ1n) is 8.40. The van der Waals surface area contributed by atoms with Crippen molar-refractivity contribution in [3.05, 3.63) is 22.4 Å². The molecule has 0 amide bonds. The van der Waals surface area contributed by atoms with Gasteiger partial charge in [0, 0.05) is 24.5 Å². The second-order valence-electron chi connectivity index (χ2n) is 6.41. The van der Waals surface area contributed by atoms with Gasteiger partial charge in [-0.25, -0.2) is 0 Å². The Hall–Kier alpha value is -0.340. The summed E-state index contributed by atoms with van der Waals surface area (Å²) >= 11 is 1.78. The molecule has 1 aliphatic heterocycles. The maximum Gasteiger partial charge on any atom is 0.191 e. The molecule has 0 bridgehead atoms. The molecule has 1 saturated heterocycles. The van der Waals surface area contributed by atoms with Crippen molar-refractivity contribution in [1.29, 1.82) is 0 Å². The molecule has 0 spiro atoms. The summed E-state index contributed by atoms with van der Waals surface area (Å²) in [6, 6.07) is 4.85. The Bertz CT molecular complexity index is 441. The van der Waals surface area contributed by atoms with Crippen molar-refractivity contribution >= 4 is 41.3 Å². The molecule has 23 heavy (non-hydrogen) atoms. The van der Waals surface area contributed by atoms with Gasteiger partial charge in [0.1, 0.15) is 0 Å². The average Bonchev–Trinajstić information content (AvgIpc) is 3.19. The third kappa shape index (κ3) is 7.39. The number of guanidine groups is 1. The molecule has 1 aromatic heterocycles. The van der Waals surface area contributed by atoms with Crippen LogP contribution in [0.2, 0.25) is 0 Å². The molecule has 6 heteroatoms. The maximum atomic E-state index is 4.35. The van der Waals surface area contributed by atoms with Crippen LogP contribution in [0.3, 0.4) is 0 Å². The van der Waals surface area contributed by atoms with Gasteiger partial charge in [-0.05, 0) is 49.7 Å². The Morgan fingerprint density at radius 3 is 2.61 bits per heavy atom. The fraction of sp³-hybridized carbons (Fsp3) is 0.706. The van der Waals surface area contributed by atoms with Crippen LogP contribution in [0.1, 0.15) is 38.0 Å². The van der Waals surface area contributed by atoms with Crippen LogP contribution in [0.5, 0.6) is 0 Å². The third-order valence-electron chi connectivity index (χ3n) is 4.14. The molecule has 1 fully saturated rings. The number of aliphatic imine (C=N–C) groups is 1. The summed E-state index contributed by atoms with van der Waals surface area (Å²) in [4.78, 5) is 8.32. The minimum atomic E-state index is 0. The molecule has 2 heterocycles. The Morgan fingerprint density at radius 2 is 2.04 bits per heavy atom. The lowest BCUT2D eigenvalue weighted by molar-refractivity contribution is 0.213. The fourth-order valence-corrected chi connectivity index (χ4v) is 3.68. The van der Waals surface area contributed by atoms with Crippen molar-refractivity contribution in [2.24, 2.45) is 10.9 Å². The van der Waals surface area contributed by atoms with E-state index in [0.29, 0.717) is 6.04 Å². The van der Waals surface area contributed by atoms with Crippen molar-refractivity contribution in [2.45, 2.75) is 45.7 Å². The zero-order chi connectivity index (χ0) is 15.8. The number of thiophene rings is 1. The Labute approximate surface area is 162 Å². The number of hydrogen-bond donors (Lipinski definition) is 2. The van der Waals surface area contributed by atoms with Crippen molar-refractivity contribution in [3.63, 3.8) is 0 Å². The minimum Gasteiger partial charge on any atom is -0.355 e. The molecule has 1 unspecified atom stereocenters. The highest BCUT2D eigenvalue weighted by molar-refractivity contribution is 14.0. The van der Waals surface area contributed by atoms with Crippen LogP contribution >= 0.6 is 35.3 Å². The quantitative estimate of drug-likeness (QED) is 0.379. The summed E-state index contributed by atoms with van der Waals surface area (Å²) in [5, 5.41) is 9.03. The third-order valence-corrected chi connectivity index (χ3v) is 5.02. The topological polar surface area (TPSA) is 39.7 Å². The summed E-state index contributed by atoms with van der Waals surface area (Å²) in [5.74, 6) is 1.63. The number of likely N-dealkylation sites (tertiary alicyclic amines) is 1. The van der Waals surface area contributed by atoms with Crippen molar-refractivity contribution < 1.29 is 0 Å². The van der Waals surface area contributed by atoms with E-state index in [1.807, 2.05) is 7.05 Å². The first-order chi connectivity index (χ1) is 10.7. The monoisotopic (exact) mass is 450 g/mol. The van der Waals surface area contributed by atoms with Gasteiger partial charge in [-0.15, -0.1) is 35.3 Å². The number of rotatable bonds is 7. The largest absolute Gasteiger partial charge is 0.355 e. The highest BCUT2D eigenvalue weighted by Crippen LogP contribution is 2.17. The molecule has 2 N–H and O–H groups in total. The standard InChI is InChI=1S/C17H30N4S.HI/c1-14(2)11-15(21-8-4-5-9-21)12-19-17(18-3)20-13-16-7-6-10-22-16;/h6-7,10,14-15H,4-5,8-9,11-13H2,1-3H3,(H2,18,19,20);1H. The van der Waals surface area contributed by atoms with Gasteiger partial charge in [0.15, 0.2) is 5.96 Å². The van der Waals surface area contributed by atoms with Gasteiger partial charge in [0.05, 0.1) is 6.54 Å². The molecule has 4 nitrogen and oxygen atoms in total. The van der Waals surface area contributed by atoms with Crippen LogP contribution in [-0.2, 0) is 6.54 Å². The van der Waals surface area contributed by atoms with Crippen molar-refractivity contribution in [2.75, 3.05) is 26.7 Å². The summed E-state index contributed by atoms with van der Waals surface area (Å²) < 4.78 is 0. The van der Waals surface area contributed by atoms with Gasteiger partial charge in [0.25, 0.3) is 0 Å². The molecule has 1 aliphatic rings. The van der Waals surface area contributed by atoms with Gasteiger partial charge in [-0.1, -0.05) is 19.9 Å². The van der Waals surface area contributed by atoms with Gasteiger partial charge in [0.2, 0.25) is 0 Å². The van der Waals surface area contributed by atoms with Crippen LogP contribution in [0.15, 0.2) is 22.5 Å². The van der Waals surface area contributed by atoms with Crippen LogP contribution in [0, 0.1) is 5.92 Å². The van der Waals surface area contributed by atoms with Gasteiger partial charge in [-0.2, -0.15) is 0 Å². The first kappa shape index (κ1) is 20.7. The SMILES string of the molecule is CN=C(NCc1cccs1)NCC(CC(C)C)N1CCCC1.I. The highest BCUT2D eigenvalue weighted by atomic mass is 127. The Morgan fingerprint density at radius 1 is 1.30 bits per heavy atom. The van der Waals surface area contributed by atoms with Gasteiger partial charge in [-0.3, -0.25) is 9.89 Å². The number of halogens is 1. The molecule has 0 radical (unpaired) electrons. The average molecular weight is 450 g/mol. The molecule has 0 saturated carbocycles. The Kier molecular flexibility index (Phi) is 10.1. The molecular weight excluding hydrogens is 419 g/mol. The predicted octanol–water partition coefficient (Wildman–Crippen LogP) is 3.54. The fourth-order valence-electron chi connectivity index (χ4n) is 3.03. The van der Waals surface area contributed by atoms with Crippen LogP contribution < -0.4 is 10.6 Å². The molecule has 0 aliphatic carbocycles. The zero-order valence-corrected chi connectivity index (χ0v) is 17.7. The van der Waals surface area contributed by atoms with E-state index < -0.39 is 0 Å². The van der Waals surface area contributed by atoms with Gasteiger partial charge >= 0.3 is 0 Å². The molecule has 132 valence electrons. The first-order valence-corrected chi connectivity index (χ1v) is 9.28. The molecular formula is C17H31IN4S. The second-order valence-corrected chi connectivity index (χ2v) is 7.44. The van der Waals surface area contributed by atoms with Crippen LogP contribution in [-0.4, -0.2) is 43.6 Å². The summed E-state index contributed by atoms with van der Waals surface area (Å²) in [6.45, 7) is 8.94. The van der Waals surface area contributed by atoms with Crippen molar-refractivity contribution in [1.82, 2.24) is 15.5 Å². The lowest BCUT2D eigenvalue weighted by Gasteiger charge is -2.29. The van der Waals surface area contributed by atoms with E-state index in [-0.39, 0.29) is 24.0 Å². The number of nitrogens with zero attached hydrogens (tertiary/aromatic N) is 2. The Balaban J connectivity index is 0.00000264. The molecule has 1 atom stereocenters. The van der Waals surface area contributed by atoms with E-state index in [9.17, 15) is 0 Å². The lowest BCUT2D eigenvalue weighted by atomic mass is 10.0. The van der Waals surface area contributed by atoms with E-state index in [0.717, 1.165) is 25.0 Å². The summed E-state index contributed by atoms with van der Waals surface area (Å²) in [6.07, 6.45) is 3.94. The summed E-state index contributed by atoms with van der Waals surface area (Å²) in [5.41, 5.74) is 0. The predicted molar refractivity (Wildman–Crippen MR) is 112 cm³/mol. The van der Waals surface area contributed by atoms with E-state index in [4.69, 9.17) is 0 Å². The van der Waals surface area contributed by atoms with E-state index in [2.05, 4.69) is 51.9 Å². The summed E-state index contributed by atoms with van der Waals surface area (Å²) in [7, 11) is 1.84. The van der Waals surface area contributed by atoms with E-state index >= 15 is 0 Å². The normalized spacial score (nSPS) is 17.1. The van der Waals surface area contributed by atoms with Crippen molar-refractivity contribution in [3.8, 4) is 0 Å². The zero-order valence-electron chi connectivity index (χ0n) is 14.5. The maximum absolute atomic E-state index is 4.35. The van der Waals surface area contributed by atoms with Crippen LogP contribution in [0.25, 0.3) is 0 Å². The number of hydrogen-bond acceptors (Lipinski definition) is 3. The lowest BCUT2D eigenvalue weighted by Crippen LogP contribution is -2.46. The second kappa shape index (κ2) is 11.3. The molecule has 2 rings (SSSR count). The van der Waals surface area contributed by atoms with E-state index in [1.54, 1.807) is 11.3 Å². The van der Waals surface area contributed by atoms with E-state index in [1.165, 1.54) is 37.2 Å². The molecule has 0 aromatic carbocycles. The number of nitrogens with one attached hydrogen (secondary N) is 2. The van der Waals surface area contributed by atoms with Gasteiger partial charge < -0.3 is 10.6 Å². The smallest absolute Gasteiger partial charge is 0.191 e.